The van der Waals surface area contributed by atoms with Crippen LogP contribution in [-0.2, 0) is 16.4 Å². The largest absolute Gasteiger partial charge is 0.454 e. The van der Waals surface area contributed by atoms with Crippen LogP contribution < -0.4 is 14.8 Å². The monoisotopic (exact) mass is 354 g/mol. The molecule has 6 nitrogen and oxygen atoms in total. The Hall–Kier alpha value is -1.64. The molecule has 0 radical (unpaired) electrons. The zero-order valence-electron chi connectivity index (χ0n) is 12.7. The lowest BCUT2D eigenvalue weighted by Crippen LogP contribution is -2.23. The van der Waals surface area contributed by atoms with E-state index in [1.165, 1.54) is 0 Å². The molecule has 1 N–H and O–H groups in total. The van der Waals surface area contributed by atoms with Crippen molar-refractivity contribution in [2.75, 3.05) is 24.8 Å². The van der Waals surface area contributed by atoms with Gasteiger partial charge in [-0.25, -0.2) is 13.4 Å². The molecule has 0 aliphatic carbocycles. The van der Waals surface area contributed by atoms with Crippen LogP contribution in [0, 0.1) is 0 Å². The van der Waals surface area contributed by atoms with Crippen LogP contribution in [0.2, 0.25) is 0 Å². The molecule has 2 aromatic rings. The van der Waals surface area contributed by atoms with E-state index in [-0.39, 0.29) is 18.3 Å². The quantitative estimate of drug-likeness (QED) is 0.767. The molecule has 23 heavy (non-hydrogen) atoms. The molecule has 1 aliphatic heterocycles. The van der Waals surface area contributed by atoms with E-state index in [2.05, 4.69) is 10.3 Å². The van der Waals surface area contributed by atoms with Gasteiger partial charge in [-0.2, -0.15) is 0 Å². The van der Waals surface area contributed by atoms with Crippen LogP contribution in [0.25, 0.3) is 10.6 Å². The average Bonchev–Trinajstić information content (AvgIpc) is 3.19. The number of thiazole rings is 1. The van der Waals surface area contributed by atoms with E-state index >= 15 is 0 Å². The first-order chi connectivity index (χ1) is 11.1. The van der Waals surface area contributed by atoms with Crippen molar-refractivity contribution in [2.45, 2.75) is 13.5 Å². The zero-order valence-corrected chi connectivity index (χ0v) is 14.4. The minimum absolute atomic E-state index is 0.155. The van der Waals surface area contributed by atoms with E-state index in [1.807, 2.05) is 23.6 Å². The molecular formula is C15H18N2O4S2. The van der Waals surface area contributed by atoms with Crippen LogP contribution in [0.5, 0.6) is 11.5 Å². The molecule has 0 saturated heterocycles. The normalized spacial score (nSPS) is 13.4. The molecule has 0 atom stereocenters. The van der Waals surface area contributed by atoms with Crippen LogP contribution in [-0.4, -0.2) is 38.2 Å². The lowest BCUT2D eigenvalue weighted by Gasteiger charge is -2.03. The number of hydrogen-bond donors (Lipinski definition) is 1. The van der Waals surface area contributed by atoms with Crippen molar-refractivity contribution < 1.29 is 17.9 Å². The van der Waals surface area contributed by atoms with E-state index in [1.54, 1.807) is 18.3 Å². The van der Waals surface area contributed by atoms with Crippen LogP contribution in [0.4, 0.5) is 0 Å². The number of hydrogen-bond acceptors (Lipinski definition) is 7. The summed E-state index contributed by atoms with van der Waals surface area (Å²) < 4.78 is 33.5. The molecule has 0 unspecified atom stereocenters. The number of aromatic nitrogens is 1. The minimum atomic E-state index is -2.92. The first kappa shape index (κ1) is 16.2. The van der Waals surface area contributed by atoms with Crippen molar-refractivity contribution >= 4 is 21.2 Å². The maximum Gasteiger partial charge on any atom is 0.231 e. The highest BCUT2D eigenvalue weighted by molar-refractivity contribution is 7.91. The molecule has 0 spiro atoms. The Morgan fingerprint density at radius 1 is 1.30 bits per heavy atom. The third kappa shape index (κ3) is 4.01. The highest BCUT2D eigenvalue weighted by Gasteiger charge is 2.15. The van der Waals surface area contributed by atoms with Gasteiger partial charge in [-0.1, -0.05) is 6.92 Å². The second-order valence-corrected chi connectivity index (χ2v) is 8.46. The van der Waals surface area contributed by atoms with Gasteiger partial charge in [0.25, 0.3) is 0 Å². The van der Waals surface area contributed by atoms with Gasteiger partial charge < -0.3 is 14.8 Å². The van der Waals surface area contributed by atoms with E-state index in [9.17, 15) is 8.42 Å². The average molecular weight is 354 g/mol. The summed E-state index contributed by atoms with van der Waals surface area (Å²) in [7, 11) is -2.92. The third-order valence-corrected chi connectivity index (χ3v) is 6.15. The summed E-state index contributed by atoms with van der Waals surface area (Å²) >= 11 is 1.55. The zero-order chi connectivity index (χ0) is 16.3. The summed E-state index contributed by atoms with van der Waals surface area (Å²) in [4.78, 5) is 4.57. The third-order valence-electron chi connectivity index (χ3n) is 3.51. The summed E-state index contributed by atoms with van der Waals surface area (Å²) in [6.07, 6.45) is 0. The van der Waals surface area contributed by atoms with Gasteiger partial charge in [0, 0.05) is 29.8 Å². The van der Waals surface area contributed by atoms with Crippen LogP contribution >= 0.6 is 11.3 Å². The fraction of sp³-hybridized carbons (Fsp3) is 0.400. The SMILES string of the molecule is CCS(=O)(=O)CCNCc1csc(-c2ccc3c(c2)OCO3)n1. The van der Waals surface area contributed by atoms with Gasteiger partial charge in [0.05, 0.1) is 11.4 Å². The van der Waals surface area contributed by atoms with Gasteiger partial charge in [-0.3, -0.25) is 0 Å². The van der Waals surface area contributed by atoms with Crippen LogP contribution in [0.15, 0.2) is 23.6 Å². The number of sulfone groups is 1. The Morgan fingerprint density at radius 3 is 2.96 bits per heavy atom. The summed E-state index contributed by atoms with van der Waals surface area (Å²) in [6.45, 7) is 2.91. The minimum Gasteiger partial charge on any atom is -0.454 e. The summed E-state index contributed by atoms with van der Waals surface area (Å²) in [5.41, 5.74) is 1.88. The van der Waals surface area contributed by atoms with Crippen molar-refractivity contribution in [3.05, 3.63) is 29.3 Å². The van der Waals surface area contributed by atoms with Gasteiger partial charge in [0.15, 0.2) is 21.3 Å². The molecule has 0 saturated carbocycles. The summed E-state index contributed by atoms with van der Waals surface area (Å²) in [5.74, 6) is 1.83. The molecule has 0 fully saturated rings. The number of fused-ring (bicyclic) bond motifs is 1. The number of ether oxygens (including phenoxy) is 2. The second kappa shape index (κ2) is 6.86. The van der Waals surface area contributed by atoms with Gasteiger partial charge >= 0.3 is 0 Å². The predicted molar refractivity (Wildman–Crippen MR) is 89.7 cm³/mol. The van der Waals surface area contributed by atoms with E-state index in [0.29, 0.717) is 13.1 Å². The Morgan fingerprint density at radius 2 is 2.13 bits per heavy atom. The van der Waals surface area contributed by atoms with Crippen LogP contribution in [0.3, 0.4) is 0 Å². The lowest BCUT2D eigenvalue weighted by molar-refractivity contribution is 0.174. The van der Waals surface area contributed by atoms with Crippen molar-refractivity contribution in [3.63, 3.8) is 0 Å². The van der Waals surface area contributed by atoms with Gasteiger partial charge in [0.2, 0.25) is 6.79 Å². The van der Waals surface area contributed by atoms with Crippen molar-refractivity contribution in [3.8, 4) is 22.1 Å². The van der Waals surface area contributed by atoms with E-state index in [4.69, 9.17) is 9.47 Å². The molecule has 0 bridgehead atoms. The lowest BCUT2D eigenvalue weighted by atomic mass is 10.2. The fourth-order valence-electron chi connectivity index (χ4n) is 2.14. The van der Waals surface area contributed by atoms with Gasteiger partial charge in [-0.05, 0) is 18.2 Å². The highest BCUT2D eigenvalue weighted by atomic mass is 32.2. The maximum absolute atomic E-state index is 11.4. The number of nitrogens with one attached hydrogen (secondary N) is 1. The highest BCUT2D eigenvalue weighted by Crippen LogP contribution is 2.36. The molecular weight excluding hydrogens is 336 g/mol. The molecule has 1 aromatic carbocycles. The van der Waals surface area contributed by atoms with Crippen LogP contribution in [0.1, 0.15) is 12.6 Å². The first-order valence-electron chi connectivity index (χ1n) is 7.33. The molecule has 0 amide bonds. The topological polar surface area (TPSA) is 77.5 Å². The van der Waals surface area contributed by atoms with Crippen molar-refractivity contribution in [2.24, 2.45) is 0 Å². The standard InChI is InChI=1S/C15H18N2O4S2/c1-2-23(18,19)6-5-16-8-12-9-22-15(17-12)11-3-4-13-14(7-11)21-10-20-13/h3-4,7,9,16H,2,5-6,8,10H2,1H3. The Labute approximate surface area is 139 Å². The molecule has 124 valence electrons. The van der Waals surface area contributed by atoms with Crippen molar-refractivity contribution in [1.29, 1.82) is 0 Å². The Bertz CT molecular complexity index is 787. The van der Waals surface area contributed by atoms with Crippen molar-refractivity contribution in [1.82, 2.24) is 10.3 Å². The maximum atomic E-state index is 11.4. The molecule has 1 aromatic heterocycles. The van der Waals surface area contributed by atoms with Gasteiger partial charge in [0.1, 0.15) is 5.01 Å². The summed E-state index contributed by atoms with van der Waals surface area (Å²) in [5, 5.41) is 6.00. The van der Waals surface area contributed by atoms with E-state index in [0.717, 1.165) is 27.8 Å². The number of nitrogens with zero attached hydrogens (tertiary/aromatic N) is 1. The molecule has 2 heterocycles. The first-order valence-corrected chi connectivity index (χ1v) is 10.0. The molecule has 8 heteroatoms. The number of benzene rings is 1. The van der Waals surface area contributed by atoms with Gasteiger partial charge in [-0.15, -0.1) is 11.3 Å². The Balaban J connectivity index is 1.58. The smallest absolute Gasteiger partial charge is 0.231 e. The molecule has 1 aliphatic rings. The van der Waals surface area contributed by atoms with E-state index < -0.39 is 9.84 Å². The molecule has 3 rings (SSSR count). The number of rotatable bonds is 7. The fourth-order valence-corrected chi connectivity index (χ4v) is 3.70. The predicted octanol–water partition coefficient (Wildman–Crippen LogP) is 2.06. The summed E-state index contributed by atoms with van der Waals surface area (Å²) in [6, 6.07) is 5.76. The second-order valence-electron chi connectivity index (χ2n) is 5.13. The Kier molecular flexibility index (Phi) is 4.84.